The van der Waals surface area contributed by atoms with E-state index in [1.54, 1.807) is 6.07 Å². The molecule has 15 heavy (non-hydrogen) atoms. The highest BCUT2D eigenvalue weighted by molar-refractivity contribution is 4.96. The lowest BCUT2D eigenvalue weighted by atomic mass is 10.1. The predicted octanol–water partition coefficient (Wildman–Crippen LogP) is 1.10. The fraction of sp³-hybridized carbons (Fsp3) is 0.636. The van der Waals surface area contributed by atoms with Gasteiger partial charge in [-0.3, -0.25) is 4.79 Å². The lowest BCUT2D eigenvalue weighted by Gasteiger charge is -2.08. The van der Waals surface area contributed by atoms with Crippen molar-refractivity contribution in [2.24, 2.45) is 0 Å². The summed E-state index contributed by atoms with van der Waals surface area (Å²) >= 11 is 0. The van der Waals surface area contributed by atoms with Gasteiger partial charge in [-0.2, -0.15) is 5.10 Å². The molecule has 1 N–H and O–H groups in total. The van der Waals surface area contributed by atoms with Gasteiger partial charge >= 0.3 is 0 Å². The molecular formula is C11H18N2O2. The van der Waals surface area contributed by atoms with Crippen molar-refractivity contribution < 1.29 is 5.11 Å². The highest BCUT2D eigenvalue weighted by Crippen LogP contribution is 2.01. The maximum absolute atomic E-state index is 11.4. The quantitative estimate of drug-likeness (QED) is 0.791. The monoisotopic (exact) mass is 210 g/mol. The van der Waals surface area contributed by atoms with Crippen LogP contribution in [0.5, 0.6) is 0 Å². The molecule has 1 unspecified atom stereocenters. The molecule has 0 aliphatic carbocycles. The summed E-state index contributed by atoms with van der Waals surface area (Å²) in [6.07, 6.45) is 2.01. The highest BCUT2D eigenvalue weighted by Gasteiger charge is 2.02. The second-order valence-corrected chi connectivity index (χ2v) is 3.74. The van der Waals surface area contributed by atoms with Crippen LogP contribution in [0.1, 0.15) is 31.9 Å². The molecule has 0 saturated heterocycles. The van der Waals surface area contributed by atoms with Crippen LogP contribution in [-0.2, 0) is 6.54 Å². The molecule has 1 atom stereocenters. The third-order valence-corrected chi connectivity index (χ3v) is 2.38. The first-order valence-corrected chi connectivity index (χ1v) is 5.36. The molecule has 1 rings (SSSR count). The maximum atomic E-state index is 11.4. The Kier molecular flexibility index (Phi) is 4.49. The molecule has 0 spiro atoms. The van der Waals surface area contributed by atoms with Crippen molar-refractivity contribution in [3.05, 3.63) is 28.2 Å². The Morgan fingerprint density at radius 1 is 1.53 bits per heavy atom. The summed E-state index contributed by atoms with van der Waals surface area (Å²) < 4.78 is 1.46. The fourth-order valence-corrected chi connectivity index (χ4v) is 1.39. The molecule has 1 aromatic rings. The second kappa shape index (κ2) is 5.66. The van der Waals surface area contributed by atoms with E-state index in [0.29, 0.717) is 6.54 Å². The Bertz CT molecular complexity index is 360. The molecule has 0 amide bonds. The van der Waals surface area contributed by atoms with Crippen molar-refractivity contribution >= 4 is 0 Å². The van der Waals surface area contributed by atoms with E-state index in [1.807, 2.05) is 13.8 Å². The van der Waals surface area contributed by atoms with E-state index in [4.69, 9.17) is 0 Å². The normalized spacial score (nSPS) is 12.7. The van der Waals surface area contributed by atoms with Gasteiger partial charge in [0.25, 0.3) is 5.56 Å². The van der Waals surface area contributed by atoms with E-state index in [-0.39, 0.29) is 11.7 Å². The van der Waals surface area contributed by atoms with Crippen molar-refractivity contribution in [3.8, 4) is 0 Å². The van der Waals surface area contributed by atoms with Crippen molar-refractivity contribution in [3.63, 3.8) is 0 Å². The lowest BCUT2D eigenvalue weighted by Crippen LogP contribution is -2.23. The zero-order valence-electron chi connectivity index (χ0n) is 9.31. The van der Waals surface area contributed by atoms with Gasteiger partial charge in [0.1, 0.15) is 0 Å². The average molecular weight is 210 g/mol. The molecule has 1 heterocycles. The molecule has 84 valence electrons. The number of aromatic nitrogens is 2. The number of aliphatic hydroxyl groups excluding tert-OH is 1. The maximum Gasteiger partial charge on any atom is 0.266 e. The Labute approximate surface area is 89.6 Å². The van der Waals surface area contributed by atoms with E-state index in [2.05, 4.69) is 5.10 Å². The molecule has 0 fully saturated rings. The van der Waals surface area contributed by atoms with Crippen LogP contribution in [0.3, 0.4) is 0 Å². The highest BCUT2D eigenvalue weighted by atomic mass is 16.3. The molecule has 0 bridgehead atoms. The molecular weight excluding hydrogens is 192 g/mol. The van der Waals surface area contributed by atoms with Gasteiger partial charge in [-0.05, 0) is 32.3 Å². The summed E-state index contributed by atoms with van der Waals surface area (Å²) in [4.78, 5) is 11.4. The van der Waals surface area contributed by atoms with E-state index < -0.39 is 0 Å². The first-order chi connectivity index (χ1) is 7.13. The number of aryl methyl sites for hydroxylation is 2. The molecule has 0 saturated carbocycles. The summed E-state index contributed by atoms with van der Waals surface area (Å²) in [6, 6.07) is 3.23. The van der Waals surface area contributed by atoms with Crippen LogP contribution in [0.15, 0.2) is 16.9 Å². The molecule has 0 aliphatic rings. The number of rotatable bonds is 5. The molecule has 0 aromatic carbocycles. The van der Waals surface area contributed by atoms with Gasteiger partial charge in [-0.1, -0.05) is 6.92 Å². The summed E-state index contributed by atoms with van der Waals surface area (Å²) in [6.45, 7) is 4.39. The van der Waals surface area contributed by atoms with Gasteiger partial charge in [0.2, 0.25) is 0 Å². The Hall–Kier alpha value is -1.16. The largest absolute Gasteiger partial charge is 0.393 e. The first kappa shape index (κ1) is 11.9. The molecule has 4 nitrogen and oxygen atoms in total. The van der Waals surface area contributed by atoms with Gasteiger partial charge in [0.15, 0.2) is 0 Å². The van der Waals surface area contributed by atoms with E-state index in [9.17, 15) is 9.90 Å². The number of aliphatic hydroxyl groups is 1. The smallest absolute Gasteiger partial charge is 0.266 e. The molecule has 1 aromatic heterocycles. The SMILES string of the molecule is CCC(O)CCCn1nc(C)ccc1=O. The molecule has 0 radical (unpaired) electrons. The minimum Gasteiger partial charge on any atom is -0.393 e. The zero-order chi connectivity index (χ0) is 11.3. The Morgan fingerprint density at radius 3 is 2.93 bits per heavy atom. The topological polar surface area (TPSA) is 55.1 Å². The van der Waals surface area contributed by atoms with Crippen molar-refractivity contribution in [1.29, 1.82) is 0 Å². The van der Waals surface area contributed by atoms with Gasteiger partial charge in [0, 0.05) is 12.6 Å². The molecule has 0 aliphatic heterocycles. The van der Waals surface area contributed by atoms with Crippen LogP contribution in [0.25, 0.3) is 0 Å². The minimum absolute atomic E-state index is 0.0772. The van der Waals surface area contributed by atoms with Crippen molar-refractivity contribution in [2.45, 2.75) is 45.8 Å². The third-order valence-electron chi connectivity index (χ3n) is 2.38. The Morgan fingerprint density at radius 2 is 2.27 bits per heavy atom. The van der Waals surface area contributed by atoms with Crippen LogP contribution in [0.4, 0.5) is 0 Å². The lowest BCUT2D eigenvalue weighted by molar-refractivity contribution is 0.155. The van der Waals surface area contributed by atoms with E-state index in [1.165, 1.54) is 10.7 Å². The number of hydrogen-bond donors (Lipinski definition) is 1. The standard InChI is InChI=1S/C11H18N2O2/c1-3-10(14)5-4-8-13-11(15)7-6-9(2)12-13/h6-7,10,14H,3-5,8H2,1-2H3. The predicted molar refractivity (Wildman–Crippen MR) is 58.8 cm³/mol. The van der Waals surface area contributed by atoms with Crippen molar-refractivity contribution in [1.82, 2.24) is 9.78 Å². The Balaban J connectivity index is 2.50. The van der Waals surface area contributed by atoms with Gasteiger partial charge in [-0.15, -0.1) is 0 Å². The number of hydrogen-bond acceptors (Lipinski definition) is 3. The van der Waals surface area contributed by atoms with E-state index in [0.717, 1.165) is 25.0 Å². The van der Waals surface area contributed by atoms with Crippen molar-refractivity contribution in [2.75, 3.05) is 0 Å². The summed E-state index contributed by atoms with van der Waals surface area (Å²) in [5, 5.41) is 13.5. The summed E-state index contributed by atoms with van der Waals surface area (Å²) in [7, 11) is 0. The van der Waals surface area contributed by atoms with Crippen LogP contribution < -0.4 is 5.56 Å². The summed E-state index contributed by atoms with van der Waals surface area (Å²) in [5.41, 5.74) is 0.761. The minimum atomic E-state index is -0.259. The first-order valence-electron chi connectivity index (χ1n) is 5.36. The van der Waals surface area contributed by atoms with Gasteiger partial charge in [-0.25, -0.2) is 4.68 Å². The third kappa shape index (κ3) is 3.83. The van der Waals surface area contributed by atoms with Crippen LogP contribution in [-0.4, -0.2) is 21.0 Å². The van der Waals surface area contributed by atoms with E-state index >= 15 is 0 Å². The summed E-state index contributed by atoms with van der Waals surface area (Å²) in [5.74, 6) is 0. The zero-order valence-corrected chi connectivity index (χ0v) is 9.31. The second-order valence-electron chi connectivity index (χ2n) is 3.74. The number of nitrogens with zero attached hydrogens (tertiary/aromatic N) is 2. The fourth-order valence-electron chi connectivity index (χ4n) is 1.39. The van der Waals surface area contributed by atoms with Crippen LogP contribution >= 0.6 is 0 Å². The van der Waals surface area contributed by atoms with Gasteiger partial charge < -0.3 is 5.11 Å². The van der Waals surface area contributed by atoms with Crippen LogP contribution in [0, 0.1) is 6.92 Å². The van der Waals surface area contributed by atoms with Gasteiger partial charge in [0.05, 0.1) is 11.8 Å². The average Bonchev–Trinajstić information content (AvgIpc) is 2.23. The van der Waals surface area contributed by atoms with Crippen LogP contribution in [0.2, 0.25) is 0 Å². The molecule has 4 heteroatoms.